The number of oxazole rings is 1. The quantitative estimate of drug-likeness (QED) is 0.922. The Morgan fingerprint density at radius 1 is 1.32 bits per heavy atom. The lowest BCUT2D eigenvalue weighted by Gasteiger charge is -1.94. The molecule has 4 nitrogen and oxygen atoms in total. The monoisotopic (exact) mass is 281 g/mol. The summed E-state index contributed by atoms with van der Waals surface area (Å²) in [6, 6.07) is 7.55. The van der Waals surface area contributed by atoms with E-state index >= 15 is 0 Å². The second kappa shape index (κ2) is 7.59. The third-order valence-corrected chi connectivity index (χ3v) is 2.55. The highest BCUT2D eigenvalue weighted by Gasteiger charge is 2.03. The van der Waals surface area contributed by atoms with Gasteiger partial charge in [0.2, 0.25) is 0 Å². The van der Waals surface area contributed by atoms with Gasteiger partial charge >= 0.3 is 5.97 Å². The van der Waals surface area contributed by atoms with Crippen molar-refractivity contribution in [3.8, 4) is 11.3 Å². The molecule has 2 aromatic rings. The number of hydrogen-bond acceptors (Lipinski definition) is 3. The molecular formula is C14H16ClNO3. The predicted octanol–water partition coefficient (Wildman–Crippen LogP) is 4.04. The lowest BCUT2D eigenvalue weighted by Crippen LogP contribution is -1.86. The Morgan fingerprint density at radius 3 is 2.32 bits per heavy atom. The van der Waals surface area contributed by atoms with Crippen molar-refractivity contribution in [1.29, 1.82) is 0 Å². The highest BCUT2D eigenvalue weighted by Crippen LogP contribution is 2.20. The number of carbonyl (C=O) groups is 1. The molecule has 0 atom stereocenters. The molecule has 0 fully saturated rings. The largest absolute Gasteiger partial charge is 0.481 e. The minimum Gasteiger partial charge on any atom is -0.481 e. The normalized spacial score (nSPS) is 9.63. The summed E-state index contributed by atoms with van der Waals surface area (Å²) in [6.45, 7) is 3.61. The Labute approximate surface area is 117 Å². The fraction of sp³-hybridized carbons (Fsp3) is 0.286. The molecule has 0 amide bonds. The molecule has 0 bridgehead atoms. The maximum atomic E-state index is 9.37. The summed E-state index contributed by atoms with van der Waals surface area (Å²) in [6.07, 6.45) is 2.70. The first-order chi connectivity index (χ1) is 9.06. The van der Waals surface area contributed by atoms with E-state index in [0.717, 1.165) is 28.6 Å². The first-order valence-corrected chi connectivity index (χ1v) is 6.36. The molecule has 1 aromatic carbocycles. The van der Waals surface area contributed by atoms with Crippen LogP contribution >= 0.6 is 11.6 Å². The van der Waals surface area contributed by atoms with E-state index in [9.17, 15) is 4.79 Å². The molecule has 0 saturated heterocycles. The van der Waals surface area contributed by atoms with Gasteiger partial charge in [-0.15, -0.1) is 0 Å². The van der Waals surface area contributed by atoms with E-state index in [0.29, 0.717) is 0 Å². The zero-order valence-corrected chi connectivity index (χ0v) is 11.6. The van der Waals surface area contributed by atoms with Crippen LogP contribution in [-0.4, -0.2) is 16.1 Å². The zero-order chi connectivity index (χ0) is 14.3. The molecule has 1 aromatic heterocycles. The predicted molar refractivity (Wildman–Crippen MR) is 74.3 cm³/mol. The number of aromatic nitrogens is 1. The Hall–Kier alpha value is -1.81. The van der Waals surface area contributed by atoms with Crippen molar-refractivity contribution in [2.75, 3.05) is 0 Å². The fourth-order valence-corrected chi connectivity index (χ4v) is 1.35. The van der Waals surface area contributed by atoms with Crippen LogP contribution in [0.5, 0.6) is 0 Å². The second-order valence-electron chi connectivity index (χ2n) is 3.73. The molecule has 0 aliphatic heterocycles. The Balaban J connectivity index is 0.000000312. The molecule has 0 aliphatic rings. The van der Waals surface area contributed by atoms with Crippen molar-refractivity contribution in [2.24, 2.45) is 0 Å². The van der Waals surface area contributed by atoms with E-state index in [4.69, 9.17) is 21.1 Å². The van der Waals surface area contributed by atoms with Gasteiger partial charge < -0.3 is 9.52 Å². The lowest BCUT2D eigenvalue weighted by atomic mass is 10.2. The molecular weight excluding hydrogens is 266 g/mol. The van der Waals surface area contributed by atoms with E-state index in [1.54, 1.807) is 13.2 Å². The molecule has 0 spiro atoms. The lowest BCUT2D eigenvalue weighted by molar-refractivity contribution is -0.136. The smallest absolute Gasteiger partial charge is 0.303 e. The Kier molecular flexibility index (Phi) is 6.09. The summed E-state index contributed by atoms with van der Waals surface area (Å²) in [5.41, 5.74) is 1.89. The van der Waals surface area contributed by atoms with Crippen LogP contribution in [0.25, 0.3) is 11.3 Å². The molecule has 1 N–H and O–H groups in total. The summed E-state index contributed by atoms with van der Waals surface area (Å²) in [4.78, 5) is 13.7. The molecule has 19 heavy (non-hydrogen) atoms. The van der Waals surface area contributed by atoms with Crippen LogP contribution in [0.15, 0.2) is 34.9 Å². The third kappa shape index (κ3) is 5.14. The molecule has 5 heteroatoms. The van der Waals surface area contributed by atoms with Gasteiger partial charge in [0, 0.05) is 23.4 Å². The second-order valence-corrected chi connectivity index (χ2v) is 4.17. The molecule has 0 aliphatic carbocycles. The van der Waals surface area contributed by atoms with Gasteiger partial charge in [-0.3, -0.25) is 4.79 Å². The maximum Gasteiger partial charge on any atom is 0.303 e. The van der Waals surface area contributed by atoms with Crippen LogP contribution < -0.4 is 0 Å². The zero-order valence-electron chi connectivity index (χ0n) is 10.9. The van der Waals surface area contributed by atoms with E-state index in [1.165, 1.54) is 0 Å². The molecule has 1 heterocycles. The molecule has 0 saturated carbocycles. The number of rotatable bonds is 3. The summed E-state index contributed by atoms with van der Waals surface area (Å²) < 4.78 is 5.25. The maximum absolute atomic E-state index is 9.37. The van der Waals surface area contributed by atoms with Gasteiger partial charge in [0.15, 0.2) is 5.89 Å². The first kappa shape index (κ1) is 15.2. The molecule has 0 unspecified atom stereocenters. The van der Waals surface area contributed by atoms with Gasteiger partial charge in [-0.05, 0) is 12.1 Å². The van der Waals surface area contributed by atoms with Crippen LogP contribution in [0.3, 0.4) is 0 Å². The number of nitrogens with zero attached hydrogens (tertiary/aromatic N) is 1. The number of aliphatic carboxylic acids is 1. The van der Waals surface area contributed by atoms with Crippen LogP contribution in [0, 0.1) is 0 Å². The van der Waals surface area contributed by atoms with E-state index in [1.807, 2.05) is 31.2 Å². The van der Waals surface area contributed by atoms with Gasteiger partial charge in [-0.1, -0.05) is 37.6 Å². The number of aryl methyl sites for hydroxylation is 1. The number of hydrogen-bond donors (Lipinski definition) is 1. The van der Waals surface area contributed by atoms with Crippen LogP contribution in [0.2, 0.25) is 5.02 Å². The van der Waals surface area contributed by atoms with Crippen molar-refractivity contribution in [1.82, 2.24) is 4.98 Å². The van der Waals surface area contributed by atoms with E-state index < -0.39 is 5.97 Å². The van der Waals surface area contributed by atoms with E-state index in [-0.39, 0.29) is 6.42 Å². The average Bonchev–Trinajstić information content (AvgIpc) is 2.89. The van der Waals surface area contributed by atoms with Crippen molar-refractivity contribution >= 4 is 17.6 Å². The summed E-state index contributed by atoms with van der Waals surface area (Å²) in [5, 5.41) is 8.45. The number of carboxylic acid groups (broad SMARTS) is 1. The van der Waals surface area contributed by atoms with Crippen LogP contribution in [0.4, 0.5) is 0 Å². The Morgan fingerprint density at radius 2 is 1.89 bits per heavy atom. The minimum atomic E-state index is -0.745. The highest BCUT2D eigenvalue weighted by atomic mass is 35.5. The number of halogens is 1. The average molecular weight is 282 g/mol. The van der Waals surface area contributed by atoms with Gasteiger partial charge in [0.1, 0.15) is 12.0 Å². The molecule has 0 radical (unpaired) electrons. The molecule has 2 rings (SSSR count). The van der Waals surface area contributed by atoms with Gasteiger partial charge in [0.05, 0.1) is 0 Å². The van der Waals surface area contributed by atoms with Crippen molar-refractivity contribution in [2.45, 2.75) is 26.7 Å². The van der Waals surface area contributed by atoms with Crippen molar-refractivity contribution in [3.63, 3.8) is 0 Å². The highest BCUT2D eigenvalue weighted by molar-refractivity contribution is 6.30. The third-order valence-electron chi connectivity index (χ3n) is 2.30. The van der Waals surface area contributed by atoms with Crippen molar-refractivity contribution in [3.05, 3.63) is 41.4 Å². The van der Waals surface area contributed by atoms with Gasteiger partial charge in [0.25, 0.3) is 0 Å². The van der Waals surface area contributed by atoms with Crippen molar-refractivity contribution < 1.29 is 14.3 Å². The number of carboxylic acids is 1. The van der Waals surface area contributed by atoms with Crippen LogP contribution in [-0.2, 0) is 11.2 Å². The SMILES string of the molecule is CCC(=O)O.CCc1nc(-c2ccc(Cl)cc2)co1. The summed E-state index contributed by atoms with van der Waals surface area (Å²) >= 11 is 5.79. The van der Waals surface area contributed by atoms with Gasteiger partial charge in [-0.2, -0.15) is 0 Å². The van der Waals surface area contributed by atoms with Crippen LogP contribution in [0.1, 0.15) is 26.2 Å². The standard InChI is InChI=1S/C11H10ClNO.C3H6O2/c1-2-11-13-10(7-14-11)8-3-5-9(12)6-4-8;1-2-3(4)5/h3-7H,2H2,1H3;2H2,1H3,(H,4,5). The topological polar surface area (TPSA) is 63.3 Å². The number of benzene rings is 1. The Bertz CT molecular complexity index is 520. The first-order valence-electron chi connectivity index (χ1n) is 5.99. The summed E-state index contributed by atoms with van der Waals surface area (Å²) in [5.74, 6) is 0.0138. The fourth-order valence-electron chi connectivity index (χ4n) is 1.23. The molecule has 102 valence electrons. The van der Waals surface area contributed by atoms with Gasteiger partial charge in [-0.25, -0.2) is 4.98 Å². The van der Waals surface area contributed by atoms with E-state index in [2.05, 4.69) is 4.98 Å². The summed E-state index contributed by atoms with van der Waals surface area (Å²) in [7, 11) is 0. The minimum absolute atomic E-state index is 0.222.